The van der Waals surface area contributed by atoms with Gasteiger partial charge in [-0.15, -0.1) is 0 Å². The zero-order valence-electron chi connectivity index (χ0n) is 11.8. The number of sulfonamides is 1. The van der Waals surface area contributed by atoms with Crippen LogP contribution in [0, 0.1) is 0 Å². The molecule has 0 bridgehead atoms. The van der Waals surface area contributed by atoms with Crippen LogP contribution in [-0.2, 0) is 14.8 Å². The predicted molar refractivity (Wildman–Crippen MR) is 79.1 cm³/mol. The molecule has 1 aromatic rings. The molecule has 112 valence electrons. The van der Waals surface area contributed by atoms with Gasteiger partial charge < -0.3 is 10.6 Å². The fraction of sp³-hybridized carbons (Fsp3) is 0.462. The first-order valence-electron chi connectivity index (χ1n) is 6.60. The highest BCUT2D eigenvalue weighted by Crippen LogP contribution is 2.20. The molecule has 3 N–H and O–H groups in total. The van der Waals surface area contributed by atoms with Crippen LogP contribution >= 0.6 is 0 Å². The number of rotatable bonds is 8. The van der Waals surface area contributed by atoms with Gasteiger partial charge in [0.15, 0.2) is 0 Å². The van der Waals surface area contributed by atoms with Crippen LogP contribution in [0.1, 0.15) is 20.3 Å². The van der Waals surface area contributed by atoms with Crippen molar-refractivity contribution in [2.24, 2.45) is 0 Å². The van der Waals surface area contributed by atoms with Crippen molar-refractivity contribution in [3.05, 3.63) is 24.3 Å². The molecule has 0 spiro atoms. The highest BCUT2D eigenvalue weighted by atomic mass is 32.2. The number of benzene rings is 1. The Morgan fingerprint density at radius 3 is 2.50 bits per heavy atom. The van der Waals surface area contributed by atoms with Crippen LogP contribution in [-0.4, -0.2) is 34.0 Å². The summed E-state index contributed by atoms with van der Waals surface area (Å²) in [7, 11) is -3.51. The van der Waals surface area contributed by atoms with E-state index in [0.29, 0.717) is 31.7 Å². The highest BCUT2D eigenvalue weighted by Gasteiger charge is 2.16. The molecule has 0 saturated carbocycles. The van der Waals surface area contributed by atoms with E-state index in [1.165, 1.54) is 6.07 Å². The lowest BCUT2D eigenvalue weighted by molar-refractivity contribution is -0.120. The SMILES string of the molecule is CCNC(=O)CCNc1ccccc1S(=O)(=O)NCC. The Kier molecular flexibility index (Phi) is 6.47. The van der Waals surface area contributed by atoms with Gasteiger partial charge in [-0.2, -0.15) is 0 Å². The Morgan fingerprint density at radius 2 is 1.85 bits per heavy atom. The maximum Gasteiger partial charge on any atom is 0.242 e. The molecule has 0 fully saturated rings. The van der Waals surface area contributed by atoms with Crippen molar-refractivity contribution in [1.29, 1.82) is 0 Å². The first-order chi connectivity index (χ1) is 9.51. The van der Waals surface area contributed by atoms with Crippen LogP contribution in [0.2, 0.25) is 0 Å². The van der Waals surface area contributed by atoms with Crippen LogP contribution in [0.4, 0.5) is 5.69 Å². The summed E-state index contributed by atoms with van der Waals surface area (Å²) in [4.78, 5) is 11.5. The van der Waals surface area contributed by atoms with Gasteiger partial charge in [0.2, 0.25) is 15.9 Å². The van der Waals surface area contributed by atoms with Gasteiger partial charge in [0.1, 0.15) is 4.90 Å². The van der Waals surface area contributed by atoms with E-state index in [-0.39, 0.29) is 10.8 Å². The van der Waals surface area contributed by atoms with Crippen molar-refractivity contribution >= 4 is 21.6 Å². The van der Waals surface area contributed by atoms with Gasteiger partial charge in [0.05, 0.1) is 5.69 Å². The summed E-state index contributed by atoms with van der Waals surface area (Å²) in [6, 6.07) is 6.63. The maximum atomic E-state index is 12.0. The molecule has 0 aliphatic heterocycles. The van der Waals surface area contributed by atoms with Gasteiger partial charge in [-0.25, -0.2) is 13.1 Å². The van der Waals surface area contributed by atoms with Gasteiger partial charge in [0, 0.05) is 26.1 Å². The van der Waals surface area contributed by atoms with E-state index in [1.54, 1.807) is 25.1 Å². The third-order valence-electron chi connectivity index (χ3n) is 2.55. The minimum Gasteiger partial charge on any atom is -0.383 e. The molecule has 0 saturated heterocycles. The van der Waals surface area contributed by atoms with E-state index in [2.05, 4.69) is 15.4 Å². The van der Waals surface area contributed by atoms with Gasteiger partial charge in [-0.05, 0) is 19.1 Å². The number of nitrogens with one attached hydrogen (secondary N) is 3. The van der Waals surface area contributed by atoms with Crippen molar-refractivity contribution in [2.45, 2.75) is 25.2 Å². The normalized spacial score (nSPS) is 11.1. The second kappa shape index (κ2) is 7.86. The summed E-state index contributed by atoms with van der Waals surface area (Å²) in [5.41, 5.74) is 0.498. The van der Waals surface area contributed by atoms with Crippen LogP contribution < -0.4 is 15.4 Å². The molecule has 0 unspecified atom stereocenters. The highest BCUT2D eigenvalue weighted by molar-refractivity contribution is 7.89. The maximum absolute atomic E-state index is 12.0. The van der Waals surface area contributed by atoms with E-state index in [1.807, 2.05) is 6.92 Å². The zero-order chi connectivity index (χ0) is 15.0. The summed E-state index contributed by atoms with van der Waals surface area (Å²) >= 11 is 0. The van der Waals surface area contributed by atoms with Crippen molar-refractivity contribution in [1.82, 2.24) is 10.0 Å². The number of amides is 1. The lowest BCUT2D eigenvalue weighted by Gasteiger charge is -2.12. The molecule has 0 aliphatic rings. The third-order valence-corrected chi connectivity index (χ3v) is 4.16. The smallest absolute Gasteiger partial charge is 0.242 e. The topological polar surface area (TPSA) is 87.3 Å². The lowest BCUT2D eigenvalue weighted by Crippen LogP contribution is -2.26. The van der Waals surface area contributed by atoms with Gasteiger partial charge >= 0.3 is 0 Å². The van der Waals surface area contributed by atoms with Crippen LogP contribution in [0.3, 0.4) is 0 Å². The van der Waals surface area contributed by atoms with Gasteiger partial charge in [0.25, 0.3) is 0 Å². The van der Waals surface area contributed by atoms with E-state index in [9.17, 15) is 13.2 Å². The Hall–Kier alpha value is -1.60. The quantitative estimate of drug-likeness (QED) is 0.666. The molecule has 1 aromatic carbocycles. The van der Waals surface area contributed by atoms with Crippen LogP contribution in [0.25, 0.3) is 0 Å². The average molecular weight is 299 g/mol. The average Bonchev–Trinajstić information content (AvgIpc) is 2.39. The Balaban J connectivity index is 2.74. The minimum absolute atomic E-state index is 0.0629. The van der Waals surface area contributed by atoms with E-state index in [0.717, 1.165) is 0 Å². The fourth-order valence-electron chi connectivity index (χ4n) is 1.71. The first kappa shape index (κ1) is 16.5. The van der Waals surface area contributed by atoms with Gasteiger partial charge in [-0.1, -0.05) is 19.1 Å². The number of hydrogen-bond donors (Lipinski definition) is 3. The van der Waals surface area contributed by atoms with Crippen molar-refractivity contribution in [2.75, 3.05) is 25.0 Å². The standard InChI is InChI=1S/C13H21N3O3S/c1-3-14-13(17)9-10-15-11-7-5-6-8-12(11)20(18,19)16-4-2/h5-8,15-16H,3-4,9-10H2,1-2H3,(H,14,17). The molecule has 0 radical (unpaired) electrons. The molecule has 1 rings (SSSR count). The second-order valence-corrected chi connectivity index (χ2v) is 5.86. The predicted octanol–water partition coefficient (Wildman–Crippen LogP) is 0.923. The molecule has 0 heterocycles. The minimum atomic E-state index is -3.51. The molecule has 1 amide bonds. The molecule has 0 aliphatic carbocycles. The summed E-state index contributed by atoms with van der Waals surface area (Å²) in [6.07, 6.45) is 0.295. The van der Waals surface area contributed by atoms with E-state index < -0.39 is 10.0 Å². The van der Waals surface area contributed by atoms with E-state index >= 15 is 0 Å². The summed E-state index contributed by atoms with van der Waals surface area (Å²) in [6.45, 7) is 4.87. The number of carbonyl (C=O) groups excluding carboxylic acids is 1. The molecular weight excluding hydrogens is 278 g/mol. The Morgan fingerprint density at radius 1 is 1.15 bits per heavy atom. The monoisotopic (exact) mass is 299 g/mol. The number of carbonyl (C=O) groups is 1. The Labute approximate surface area is 120 Å². The van der Waals surface area contributed by atoms with Crippen LogP contribution in [0.15, 0.2) is 29.2 Å². The molecule has 0 atom stereocenters. The molecule has 7 heteroatoms. The van der Waals surface area contributed by atoms with Crippen molar-refractivity contribution in [3.63, 3.8) is 0 Å². The summed E-state index contributed by atoms with van der Waals surface area (Å²) in [5, 5.41) is 5.67. The van der Waals surface area contributed by atoms with E-state index in [4.69, 9.17) is 0 Å². The van der Waals surface area contributed by atoms with Gasteiger partial charge in [-0.3, -0.25) is 4.79 Å². The molecule has 20 heavy (non-hydrogen) atoms. The van der Waals surface area contributed by atoms with Crippen molar-refractivity contribution < 1.29 is 13.2 Å². The fourth-order valence-corrected chi connectivity index (χ4v) is 2.93. The second-order valence-electron chi connectivity index (χ2n) is 4.13. The lowest BCUT2D eigenvalue weighted by atomic mass is 10.3. The number of anilines is 1. The Bertz CT molecular complexity index is 544. The van der Waals surface area contributed by atoms with Crippen LogP contribution in [0.5, 0.6) is 0 Å². The molecule has 6 nitrogen and oxygen atoms in total. The molecular formula is C13H21N3O3S. The summed E-state index contributed by atoms with van der Waals surface area (Å²) < 4.78 is 26.5. The largest absolute Gasteiger partial charge is 0.383 e. The van der Waals surface area contributed by atoms with Crippen molar-refractivity contribution in [3.8, 4) is 0 Å². The number of hydrogen-bond acceptors (Lipinski definition) is 4. The third kappa shape index (κ3) is 4.82. The zero-order valence-corrected chi connectivity index (χ0v) is 12.6. The number of para-hydroxylation sites is 1. The molecule has 0 aromatic heterocycles. The summed E-state index contributed by atoms with van der Waals surface area (Å²) in [5.74, 6) is -0.0629. The first-order valence-corrected chi connectivity index (χ1v) is 8.08.